The number of benzene rings is 2. The molecule has 0 aromatic heterocycles. The van der Waals surface area contributed by atoms with E-state index < -0.39 is 10.0 Å². The van der Waals surface area contributed by atoms with Crippen molar-refractivity contribution in [3.63, 3.8) is 0 Å². The maximum atomic E-state index is 12.9. The lowest BCUT2D eigenvalue weighted by Crippen LogP contribution is -2.46. The predicted octanol–water partition coefficient (Wildman–Crippen LogP) is 1.81. The lowest BCUT2D eigenvalue weighted by Gasteiger charge is -2.32. The molecule has 1 amide bonds. The van der Waals surface area contributed by atoms with Crippen molar-refractivity contribution in [3.8, 4) is 0 Å². The quantitative estimate of drug-likeness (QED) is 0.809. The zero-order chi connectivity index (χ0) is 18.7. The lowest BCUT2D eigenvalue weighted by atomic mass is 9.89. The van der Waals surface area contributed by atoms with E-state index in [1.165, 1.54) is 0 Å². The summed E-state index contributed by atoms with van der Waals surface area (Å²) in [6.07, 6.45) is 2.48. The fourth-order valence-electron chi connectivity index (χ4n) is 3.30. The molecule has 1 unspecified atom stereocenters. The molecule has 3 rings (SSSR count). The van der Waals surface area contributed by atoms with Crippen LogP contribution in [0.25, 0.3) is 10.8 Å². The monoisotopic (exact) mass is 374 g/mol. The number of hydrogen-bond donors (Lipinski definition) is 1. The van der Waals surface area contributed by atoms with Crippen LogP contribution in [0.1, 0.15) is 23.2 Å². The highest BCUT2D eigenvalue weighted by Gasteiger charge is 2.29. The molecule has 7 heteroatoms. The maximum absolute atomic E-state index is 12.9. The average molecular weight is 374 g/mol. The number of rotatable bonds is 5. The van der Waals surface area contributed by atoms with Gasteiger partial charge in [-0.3, -0.25) is 9.59 Å². The molecule has 1 atom stereocenters. The standard InChI is InChI=1S/C19H22N2O4S/c1-26(24,25)20-12-18(22)21-10-4-7-17(13-21)19(23)16-9-8-14-5-2-3-6-15(14)11-16/h2-3,5-6,8-9,11,17,20H,4,7,10,12-13H2,1H3. The molecular formula is C19H22N2O4S. The fraction of sp³-hybridized carbons (Fsp3) is 0.368. The second-order valence-corrected chi connectivity index (χ2v) is 8.53. The Hall–Kier alpha value is -2.25. The van der Waals surface area contributed by atoms with Gasteiger partial charge in [0.05, 0.1) is 12.8 Å². The number of sulfonamides is 1. The van der Waals surface area contributed by atoms with Gasteiger partial charge in [-0.2, -0.15) is 0 Å². The van der Waals surface area contributed by atoms with E-state index in [9.17, 15) is 18.0 Å². The second-order valence-electron chi connectivity index (χ2n) is 6.70. The number of carbonyl (C=O) groups excluding carboxylic acids is 2. The average Bonchev–Trinajstić information content (AvgIpc) is 2.64. The number of fused-ring (bicyclic) bond motifs is 1. The molecule has 2 aromatic rings. The predicted molar refractivity (Wildman–Crippen MR) is 100 cm³/mol. The number of carbonyl (C=O) groups is 2. The minimum absolute atomic E-state index is 0.0318. The van der Waals surface area contributed by atoms with E-state index in [2.05, 4.69) is 4.72 Å². The summed E-state index contributed by atoms with van der Waals surface area (Å²) < 4.78 is 24.5. The molecule has 1 fully saturated rings. The first-order valence-electron chi connectivity index (χ1n) is 8.59. The molecule has 0 saturated carbocycles. The van der Waals surface area contributed by atoms with E-state index >= 15 is 0 Å². The van der Waals surface area contributed by atoms with Gasteiger partial charge in [-0.1, -0.05) is 36.4 Å². The van der Waals surface area contributed by atoms with Crippen LogP contribution in [0.5, 0.6) is 0 Å². The van der Waals surface area contributed by atoms with Gasteiger partial charge >= 0.3 is 0 Å². The van der Waals surface area contributed by atoms with Crippen LogP contribution < -0.4 is 4.72 Å². The Kier molecular flexibility index (Phi) is 5.38. The van der Waals surface area contributed by atoms with Crippen molar-refractivity contribution in [1.82, 2.24) is 9.62 Å². The molecule has 26 heavy (non-hydrogen) atoms. The van der Waals surface area contributed by atoms with Crippen molar-refractivity contribution >= 4 is 32.5 Å². The summed E-state index contributed by atoms with van der Waals surface area (Å²) in [5, 5.41) is 2.09. The number of piperidine rings is 1. The van der Waals surface area contributed by atoms with Crippen LogP contribution in [-0.4, -0.2) is 50.9 Å². The summed E-state index contributed by atoms with van der Waals surface area (Å²) >= 11 is 0. The molecule has 0 spiro atoms. The number of amides is 1. The van der Waals surface area contributed by atoms with Gasteiger partial charge in [0.15, 0.2) is 5.78 Å². The zero-order valence-electron chi connectivity index (χ0n) is 14.6. The van der Waals surface area contributed by atoms with E-state index in [1.54, 1.807) is 4.90 Å². The Labute approximate surface area is 153 Å². The Morgan fingerprint density at radius 2 is 1.88 bits per heavy atom. The third kappa shape index (κ3) is 4.47. The topological polar surface area (TPSA) is 83.6 Å². The molecule has 2 aromatic carbocycles. The van der Waals surface area contributed by atoms with Crippen LogP contribution in [0.4, 0.5) is 0 Å². The summed E-state index contributed by atoms with van der Waals surface area (Å²) in [7, 11) is -3.42. The highest BCUT2D eigenvalue weighted by Crippen LogP contribution is 2.23. The molecule has 1 aliphatic heterocycles. The Bertz CT molecular complexity index is 939. The van der Waals surface area contributed by atoms with Gasteiger partial charge in [0, 0.05) is 24.6 Å². The maximum Gasteiger partial charge on any atom is 0.237 e. The SMILES string of the molecule is CS(=O)(=O)NCC(=O)N1CCCC(C(=O)c2ccc3ccccc3c2)C1. The van der Waals surface area contributed by atoms with Crippen molar-refractivity contribution in [1.29, 1.82) is 0 Å². The number of nitrogens with one attached hydrogen (secondary N) is 1. The molecular weight excluding hydrogens is 352 g/mol. The minimum atomic E-state index is -3.42. The largest absolute Gasteiger partial charge is 0.341 e. The Morgan fingerprint density at radius 3 is 2.62 bits per heavy atom. The molecule has 1 aliphatic rings. The van der Waals surface area contributed by atoms with Gasteiger partial charge in [0.2, 0.25) is 15.9 Å². The minimum Gasteiger partial charge on any atom is -0.341 e. The van der Waals surface area contributed by atoms with Crippen molar-refractivity contribution in [3.05, 3.63) is 48.0 Å². The molecule has 0 aliphatic carbocycles. The van der Waals surface area contributed by atoms with Crippen LogP contribution >= 0.6 is 0 Å². The van der Waals surface area contributed by atoms with Gasteiger partial charge in [0.25, 0.3) is 0 Å². The van der Waals surface area contributed by atoms with Crippen LogP contribution in [0, 0.1) is 5.92 Å². The van der Waals surface area contributed by atoms with Crippen LogP contribution in [-0.2, 0) is 14.8 Å². The molecule has 0 radical (unpaired) electrons. The first-order valence-corrected chi connectivity index (χ1v) is 10.5. The van der Waals surface area contributed by atoms with E-state index in [0.717, 1.165) is 29.9 Å². The van der Waals surface area contributed by atoms with Crippen molar-refractivity contribution < 1.29 is 18.0 Å². The van der Waals surface area contributed by atoms with Gasteiger partial charge in [0.1, 0.15) is 0 Å². The molecule has 1 saturated heterocycles. The van der Waals surface area contributed by atoms with Crippen molar-refractivity contribution in [2.24, 2.45) is 5.92 Å². The molecule has 138 valence electrons. The Morgan fingerprint density at radius 1 is 1.15 bits per heavy atom. The van der Waals surface area contributed by atoms with Gasteiger partial charge in [-0.15, -0.1) is 0 Å². The highest BCUT2D eigenvalue weighted by molar-refractivity contribution is 7.88. The number of Topliss-reactive ketones (excluding diaryl/α,β-unsaturated/α-hetero) is 1. The first kappa shape index (κ1) is 18.5. The third-order valence-electron chi connectivity index (χ3n) is 4.66. The normalized spacial score (nSPS) is 18.0. The van der Waals surface area contributed by atoms with Crippen molar-refractivity contribution in [2.75, 3.05) is 25.9 Å². The van der Waals surface area contributed by atoms with Gasteiger partial charge in [-0.05, 0) is 29.7 Å². The summed E-state index contributed by atoms with van der Waals surface area (Å²) in [6.45, 7) is 0.609. The molecule has 1 heterocycles. The highest BCUT2D eigenvalue weighted by atomic mass is 32.2. The number of nitrogens with zero attached hydrogens (tertiary/aromatic N) is 1. The number of hydrogen-bond acceptors (Lipinski definition) is 4. The van der Waals surface area contributed by atoms with E-state index in [1.807, 2.05) is 42.5 Å². The third-order valence-corrected chi connectivity index (χ3v) is 5.33. The van der Waals surface area contributed by atoms with Gasteiger partial charge < -0.3 is 4.90 Å². The fourth-order valence-corrected chi connectivity index (χ4v) is 3.69. The van der Waals surface area contributed by atoms with E-state index in [-0.39, 0.29) is 24.2 Å². The van der Waals surface area contributed by atoms with Crippen LogP contribution in [0.15, 0.2) is 42.5 Å². The number of ketones is 1. The summed E-state index contributed by atoms with van der Waals surface area (Å²) in [4.78, 5) is 26.7. The number of likely N-dealkylation sites (tertiary alicyclic amines) is 1. The van der Waals surface area contributed by atoms with E-state index in [4.69, 9.17) is 0 Å². The lowest BCUT2D eigenvalue weighted by molar-refractivity contribution is -0.131. The summed E-state index contributed by atoms with van der Waals surface area (Å²) in [5.41, 5.74) is 0.650. The molecule has 6 nitrogen and oxygen atoms in total. The van der Waals surface area contributed by atoms with E-state index in [0.29, 0.717) is 18.7 Å². The van der Waals surface area contributed by atoms with Crippen molar-refractivity contribution in [2.45, 2.75) is 12.8 Å². The first-order chi connectivity index (χ1) is 12.3. The summed E-state index contributed by atoms with van der Waals surface area (Å²) in [5.74, 6) is -0.525. The Balaban J connectivity index is 1.69. The summed E-state index contributed by atoms with van der Waals surface area (Å²) in [6, 6.07) is 13.5. The van der Waals surface area contributed by atoms with Crippen LogP contribution in [0.2, 0.25) is 0 Å². The molecule has 1 N–H and O–H groups in total. The van der Waals surface area contributed by atoms with Crippen LogP contribution in [0.3, 0.4) is 0 Å². The zero-order valence-corrected chi connectivity index (χ0v) is 15.5. The molecule has 0 bridgehead atoms. The van der Waals surface area contributed by atoms with Gasteiger partial charge in [-0.25, -0.2) is 13.1 Å². The second kappa shape index (κ2) is 7.55. The smallest absolute Gasteiger partial charge is 0.237 e.